The lowest BCUT2D eigenvalue weighted by atomic mass is 10.1. The van der Waals surface area contributed by atoms with E-state index < -0.39 is 0 Å². The molecule has 0 unspecified atom stereocenters. The molecule has 0 aromatic heterocycles. The zero-order valence-corrected chi connectivity index (χ0v) is 10.8. The van der Waals surface area contributed by atoms with Crippen LogP contribution in [0, 0.1) is 19.7 Å². The van der Waals surface area contributed by atoms with Crippen LogP contribution in [0.3, 0.4) is 0 Å². The van der Waals surface area contributed by atoms with Crippen molar-refractivity contribution in [3.8, 4) is 0 Å². The fourth-order valence-electron chi connectivity index (χ4n) is 1.82. The van der Waals surface area contributed by atoms with Crippen LogP contribution in [0.1, 0.15) is 11.1 Å². The van der Waals surface area contributed by atoms with Gasteiger partial charge >= 0.3 is 6.03 Å². The van der Waals surface area contributed by atoms with E-state index in [4.69, 9.17) is 0 Å². The molecule has 2 rings (SSSR count). The summed E-state index contributed by atoms with van der Waals surface area (Å²) in [6.45, 7) is 3.86. The highest BCUT2D eigenvalue weighted by molar-refractivity contribution is 6.00. The van der Waals surface area contributed by atoms with Crippen molar-refractivity contribution in [3.63, 3.8) is 0 Å². The first-order chi connectivity index (χ1) is 9.06. The molecule has 2 aromatic carbocycles. The van der Waals surface area contributed by atoms with Crippen LogP contribution in [-0.4, -0.2) is 6.03 Å². The van der Waals surface area contributed by atoms with Crippen molar-refractivity contribution in [2.45, 2.75) is 13.8 Å². The van der Waals surface area contributed by atoms with Crippen LogP contribution in [0.15, 0.2) is 42.5 Å². The number of anilines is 2. The Hall–Kier alpha value is -2.36. The zero-order valence-electron chi connectivity index (χ0n) is 10.8. The predicted molar refractivity (Wildman–Crippen MR) is 75.0 cm³/mol. The van der Waals surface area contributed by atoms with E-state index in [1.54, 1.807) is 0 Å². The molecule has 2 aromatic rings. The number of para-hydroxylation sites is 1. The molecular formula is C15H15FN2O. The fourth-order valence-corrected chi connectivity index (χ4v) is 1.82. The smallest absolute Gasteiger partial charge is 0.308 e. The molecule has 0 fully saturated rings. The van der Waals surface area contributed by atoms with Crippen molar-refractivity contribution >= 4 is 17.4 Å². The van der Waals surface area contributed by atoms with E-state index in [-0.39, 0.29) is 11.8 Å². The molecule has 0 bridgehead atoms. The maximum atomic E-state index is 12.7. The third kappa shape index (κ3) is 3.31. The van der Waals surface area contributed by atoms with Gasteiger partial charge in [-0.25, -0.2) is 9.18 Å². The molecule has 0 spiro atoms. The van der Waals surface area contributed by atoms with Gasteiger partial charge in [0, 0.05) is 11.4 Å². The molecule has 0 aliphatic heterocycles. The molecule has 2 amide bonds. The average molecular weight is 258 g/mol. The molecule has 0 aliphatic carbocycles. The van der Waals surface area contributed by atoms with Gasteiger partial charge in [-0.05, 0) is 49.2 Å². The summed E-state index contributed by atoms with van der Waals surface area (Å²) in [5.41, 5.74) is 3.33. The molecule has 19 heavy (non-hydrogen) atoms. The van der Waals surface area contributed by atoms with E-state index in [2.05, 4.69) is 10.6 Å². The molecule has 0 saturated heterocycles. The highest BCUT2D eigenvalue weighted by Gasteiger charge is 2.07. The van der Waals surface area contributed by atoms with Crippen molar-refractivity contribution in [2.24, 2.45) is 0 Å². The first-order valence-electron chi connectivity index (χ1n) is 5.96. The summed E-state index contributed by atoms with van der Waals surface area (Å²) < 4.78 is 12.7. The highest BCUT2D eigenvalue weighted by atomic mass is 19.1. The maximum Gasteiger partial charge on any atom is 0.323 e. The topological polar surface area (TPSA) is 41.1 Å². The van der Waals surface area contributed by atoms with Gasteiger partial charge in [0.15, 0.2) is 0 Å². The van der Waals surface area contributed by atoms with Crippen molar-refractivity contribution < 1.29 is 9.18 Å². The van der Waals surface area contributed by atoms with E-state index >= 15 is 0 Å². The Morgan fingerprint density at radius 2 is 1.53 bits per heavy atom. The van der Waals surface area contributed by atoms with Crippen molar-refractivity contribution in [1.82, 2.24) is 0 Å². The lowest BCUT2D eigenvalue weighted by molar-refractivity contribution is 0.262. The number of rotatable bonds is 2. The lowest BCUT2D eigenvalue weighted by Crippen LogP contribution is -2.20. The first kappa shape index (κ1) is 13.1. The van der Waals surface area contributed by atoms with Crippen molar-refractivity contribution in [1.29, 1.82) is 0 Å². The maximum absolute atomic E-state index is 12.7. The van der Waals surface area contributed by atoms with Crippen LogP contribution >= 0.6 is 0 Å². The summed E-state index contributed by atoms with van der Waals surface area (Å²) >= 11 is 0. The molecule has 0 heterocycles. The number of halogens is 1. The molecule has 0 aliphatic rings. The van der Waals surface area contributed by atoms with Crippen LogP contribution in [-0.2, 0) is 0 Å². The van der Waals surface area contributed by atoms with Gasteiger partial charge in [-0.2, -0.15) is 0 Å². The Bertz CT molecular complexity index is 573. The normalized spacial score (nSPS) is 10.1. The quantitative estimate of drug-likeness (QED) is 0.837. The molecule has 0 saturated carbocycles. The minimum atomic E-state index is -0.344. The highest BCUT2D eigenvalue weighted by Crippen LogP contribution is 2.19. The molecule has 98 valence electrons. The van der Waals surface area contributed by atoms with Gasteiger partial charge in [0.25, 0.3) is 0 Å². The van der Waals surface area contributed by atoms with Gasteiger partial charge in [-0.1, -0.05) is 18.2 Å². The van der Waals surface area contributed by atoms with Gasteiger partial charge in [0.1, 0.15) is 5.82 Å². The Labute approximate surface area is 111 Å². The second-order valence-corrected chi connectivity index (χ2v) is 4.35. The van der Waals surface area contributed by atoms with Gasteiger partial charge in [-0.15, -0.1) is 0 Å². The van der Waals surface area contributed by atoms with Gasteiger partial charge < -0.3 is 10.6 Å². The molecular weight excluding hydrogens is 243 g/mol. The van der Waals surface area contributed by atoms with E-state index in [9.17, 15) is 9.18 Å². The van der Waals surface area contributed by atoms with Crippen LogP contribution in [0.25, 0.3) is 0 Å². The minimum absolute atomic E-state index is 0.333. The van der Waals surface area contributed by atoms with Crippen LogP contribution in [0.2, 0.25) is 0 Å². The van der Waals surface area contributed by atoms with Gasteiger partial charge in [0.2, 0.25) is 0 Å². The fraction of sp³-hybridized carbons (Fsp3) is 0.133. The van der Waals surface area contributed by atoms with E-state index in [0.29, 0.717) is 5.69 Å². The van der Waals surface area contributed by atoms with Crippen LogP contribution in [0.5, 0.6) is 0 Å². The number of hydrogen-bond acceptors (Lipinski definition) is 1. The number of urea groups is 1. The molecule has 0 atom stereocenters. The summed E-state index contributed by atoms with van der Waals surface area (Å²) in [5, 5.41) is 5.45. The van der Waals surface area contributed by atoms with Gasteiger partial charge in [-0.3, -0.25) is 0 Å². The monoisotopic (exact) mass is 258 g/mol. The third-order valence-corrected chi connectivity index (χ3v) is 2.82. The minimum Gasteiger partial charge on any atom is -0.308 e. The van der Waals surface area contributed by atoms with E-state index in [1.165, 1.54) is 24.3 Å². The zero-order chi connectivity index (χ0) is 13.8. The van der Waals surface area contributed by atoms with Crippen LogP contribution < -0.4 is 10.6 Å². The number of hydrogen-bond donors (Lipinski definition) is 2. The lowest BCUT2D eigenvalue weighted by Gasteiger charge is -2.12. The number of aryl methyl sites for hydroxylation is 2. The van der Waals surface area contributed by atoms with Crippen LogP contribution in [0.4, 0.5) is 20.6 Å². The standard InChI is InChI=1S/C15H15FN2O/c1-10-4-3-5-11(2)14(10)18-15(19)17-13-8-6-12(16)7-9-13/h3-9H,1-2H3,(H2,17,18,19). The molecule has 3 nitrogen and oxygen atoms in total. The third-order valence-electron chi connectivity index (χ3n) is 2.82. The SMILES string of the molecule is Cc1cccc(C)c1NC(=O)Nc1ccc(F)cc1. The Balaban J connectivity index is 2.07. The summed E-state index contributed by atoms with van der Waals surface area (Å²) in [4.78, 5) is 11.9. The predicted octanol–water partition coefficient (Wildman–Crippen LogP) is 4.09. The number of carbonyl (C=O) groups excluding carboxylic acids is 1. The van der Waals surface area contributed by atoms with E-state index in [0.717, 1.165) is 16.8 Å². The summed E-state index contributed by atoms with van der Waals surface area (Å²) in [7, 11) is 0. The van der Waals surface area contributed by atoms with Gasteiger partial charge in [0.05, 0.1) is 0 Å². The number of amides is 2. The Kier molecular flexibility index (Phi) is 3.80. The molecule has 2 N–H and O–H groups in total. The molecule has 0 radical (unpaired) electrons. The first-order valence-corrected chi connectivity index (χ1v) is 5.96. The van der Waals surface area contributed by atoms with Crippen molar-refractivity contribution in [2.75, 3.05) is 10.6 Å². The number of nitrogens with one attached hydrogen (secondary N) is 2. The van der Waals surface area contributed by atoms with E-state index in [1.807, 2.05) is 32.0 Å². The molecule has 4 heteroatoms. The number of carbonyl (C=O) groups is 1. The average Bonchev–Trinajstić information content (AvgIpc) is 2.37. The summed E-state index contributed by atoms with van der Waals surface area (Å²) in [6, 6.07) is 11.1. The Morgan fingerprint density at radius 1 is 0.947 bits per heavy atom. The Morgan fingerprint density at radius 3 is 2.11 bits per heavy atom. The largest absolute Gasteiger partial charge is 0.323 e. The number of benzene rings is 2. The second-order valence-electron chi connectivity index (χ2n) is 4.35. The summed E-state index contributed by atoms with van der Waals surface area (Å²) in [5.74, 6) is -0.333. The summed E-state index contributed by atoms with van der Waals surface area (Å²) in [6.07, 6.45) is 0. The second kappa shape index (κ2) is 5.52. The van der Waals surface area contributed by atoms with Crippen molar-refractivity contribution in [3.05, 3.63) is 59.4 Å².